The number of carbonyl (C=O) groups is 1. The second kappa shape index (κ2) is 5.32. The molecule has 0 saturated heterocycles. The predicted molar refractivity (Wildman–Crippen MR) is 76.9 cm³/mol. The standard InChI is InChI=1S/C13H18N2O4S/c1-9(13(16)19-2)20(17,18)15-8-4-5-10-11(14)6-3-7-12(10)15/h3,6-7,9H,4-5,8,14H2,1-2H3. The van der Waals surface area contributed by atoms with Crippen molar-refractivity contribution in [3.8, 4) is 0 Å². The van der Waals surface area contributed by atoms with Crippen molar-refractivity contribution >= 4 is 27.4 Å². The van der Waals surface area contributed by atoms with Crippen LogP contribution in [0.1, 0.15) is 18.9 Å². The number of ether oxygens (including phenoxy) is 1. The highest BCUT2D eigenvalue weighted by molar-refractivity contribution is 7.94. The molecule has 20 heavy (non-hydrogen) atoms. The maximum Gasteiger partial charge on any atom is 0.325 e. The number of carbonyl (C=O) groups excluding carboxylic acids is 1. The molecule has 0 aliphatic carbocycles. The quantitative estimate of drug-likeness (QED) is 0.662. The lowest BCUT2D eigenvalue weighted by atomic mass is 10.0. The van der Waals surface area contributed by atoms with Gasteiger partial charge in [-0.25, -0.2) is 8.42 Å². The third-order valence-electron chi connectivity index (χ3n) is 3.53. The van der Waals surface area contributed by atoms with Gasteiger partial charge in [-0.2, -0.15) is 0 Å². The third kappa shape index (κ3) is 2.33. The van der Waals surface area contributed by atoms with Crippen LogP contribution in [0.2, 0.25) is 0 Å². The Hall–Kier alpha value is -1.76. The second-order valence-corrected chi connectivity index (χ2v) is 6.91. The molecule has 0 fully saturated rings. The average Bonchev–Trinajstić information content (AvgIpc) is 2.45. The van der Waals surface area contributed by atoms with Gasteiger partial charge in [-0.05, 0) is 37.5 Å². The van der Waals surface area contributed by atoms with Gasteiger partial charge in [0.15, 0.2) is 5.25 Å². The number of hydrogen-bond acceptors (Lipinski definition) is 5. The molecule has 7 heteroatoms. The first-order valence-corrected chi connectivity index (χ1v) is 7.86. The fourth-order valence-corrected chi connectivity index (χ4v) is 3.91. The molecule has 2 N–H and O–H groups in total. The fraction of sp³-hybridized carbons (Fsp3) is 0.462. The van der Waals surface area contributed by atoms with Gasteiger partial charge in [0, 0.05) is 12.2 Å². The number of nitrogens with zero attached hydrogens (tertiary/aromatic N) is 1. The second-order valence-electron chi connectivity index (χ2n) is 4.73. The molecular formula is C13H18N2O4S. The van der Waals surface area contributed by atoms with E-state index >= 15 is 0 Å². The van der Waals surface area contributed by atoms with Gasteiger partial charge in [-0.3, -0.25) is 9.10 Å². The molecule has 1 atom stereocenters. The number of sulfonamides is 1. The maximum atomic E-state index is 12.5. The van der Waals surface area contributed by atoms with Crippen molar-refractivity contribution in [1.29, 1.82) is 0 Å². The number of anilines is 2. The topological polar surface area (TPSA) is 89.7 Å². The van der Waals surface area contributed by atoms with Crippen molar-refractivity contribution in [3.05, 3.63) is 23.8 Å². The van der Waals surface area contributed by atoms with E-state index in [1.807, 2.05) is 0 Å². The van der Waals surface area contributed by atoms with E-state index in [0.717, 1.165) is 12.0 Å². The van der Waals surface area contributed by atoms with Crippen LogP contribution in [-0.2, 0) is 26.0 Å². The number of fused-ring (bicyclic) bond motifs is 1. The lowest BCUT2D eigenvalue weighted by Gasteiger charge is -2.32. The van der Waals surface area contributed by atoms with E-state index in [9.17, 15) is 13.2 Å². The van der Waals surface area contributed by atoms with Gasteiger partial charge in [0.05, 0.1) is 12.8 Å². The predicted octanol–water partition coefficient (Wildman–Crippen LogP) is 0.913. The summed E-state index contributed by atoms with van der Waals surface area (Å²) in [6.07, 6.45) is 1.41. The first-order chi connectivity index (χ1) is 9.39. The third-order valence-corrected chi connectivity index (χ3v) is 5.61. The van der Waals surface area contributed by atoms with Gasteiger partial charge < -0.3 is 10.5 Å². The summed E-state index contributed by atoms with van der Waals surface area (Å²) in [5, 5.41) is -1.24. The van der Waals surface area contributed by atoms with E-state index < -0.39 is 21.2 Å². The van der Waals surface area contributed by atoms with Crippen LogP contribution in [-0.4, -0.2) is 33.3 Å². The molecule has 0 amide bonds. The first kappa shape index (κ1) is 14.6. The van der Waals surface area contributed by atoms with Crippen LogP contribution >= 0.6 is 0 Å². The van der Waals surface area contributed by atoms with E-state index in [1.54, 1.807) is 18.2 Å². The van der Waals surface area contributed by atoms with Crippen LogP contribution in [0.25, 0.3) is 0 Å². The van der Waals surface area contributed by atoms with Crippen molar-refractivity contribution in [2.45, 2.75) is 25.0 Å². The monoisotopic (exact) mass is 298 g/mol. The van der Waals surface area contributed by atoms with Crippen molar-refractivity contribution in [2.24, 2.45) is 0 Å². The highest BCUT2D eigenvalue weighted by Crippen LogP contribution is 2.34. The molecule has 1 unspecified atom stereocenters. The number of nitrogen functional groups attached to an aromatic ring is 1. The zero-order valence-electron chi connectivity index (χ0n) is 11.5. The van der Waals surface area contributed by atoms with Gasteiger partial charge in [-0.1, -0.05) is 6.07 Å². The molecule has 0 radical (unpaired) electrons. The van der Waals surface area contributed by atoms with E-state index in [-0.39, 0.29) is 0 Å². The van der Waals surface area contributed by atoms with E-state index in [4.69, 9.17) is 5.73 Å². The normalized spacial score (nSPS) is 16.4. The Kier molecular flexibility index (Phi) is 3.89. The van der Waals surface area contributed by atoms with Crippen molar-refractivity contribution in [1.82, 2.24) is 0 Å². The minimum absolute atomic E-state index is 0.347. The first-order valence-electron chi connectivity index (χ1n) is 6.36. The molecule has 0 saturated carbocycles. The summed E-state index contributed by atoms with van der Waals surface area (Å²) in [7, 11) is -2.62. The lowest BCUT2D eigenvalue weighted by molar-refractivity contribution is -0.139. The Labute approximate surface area is 118 Å². The van der Waals surface area contributed by atoms with E-state index in [2.05, 4.69) is 4.74 Å². The van der Waals surface area contributed by atoms with Gasteiger partial charge in [0.25, 0.3) is 0 Å². The molecule has 1 heterocycles. The summed E-state index contributed by atoms with van der Waals surface area (Å²) >= 11 is 0. The Morgan fingerprint density at radius 2 is 2.15 bits per heavy atom. The highest BCUT2D eigenvalue weighted by Gasteiger charge is 2.37. The number of esters is 1. The van der Waals surface area contributed by atoms with Crippen molar-refractivity contribution in [3.63, 3.8) is 0 Å². The van der Waals surface area contributed by atoms with E-state index in [0.29, 0.717) is 24.3 Å². The summed E-state index contributed by atoms with van der Waals surface area (Å²) in [4.78, 5) is 11.5. The largest absolute Gasteiger partial charge is 0.468 e. The minimum atomic E-state index is -3.80. The Morgan fingerprint density at radius 3 is 2.80 bits per heavy atom. The highest BCUT2D eigenvalue weighted by atomic mass is 32.2. The number of rotatable bonds is 3. The van der Waals surface area contributed by atoms with Crippen molar-refractivity contribution < 1.29 is 17.9 Å². The number of nitrogens with two attached hydrogens (primary N) is 1. The van der Waals surface area contributed by atoms with Crippen LogP contribution in [0.15, 0.2) is 18.2 Å². The molecule has 6 nitrogen and oxygen atoms in total. The molecule has 110 valence electrons. The van der Waals surface area contributed by atoms with Gasteiger partial charge in [0.2, 0.25) is 10.0 Å². The fourth-order valence-electron chi connectivity index (χ4n) is 2.36. The summed E-state index contributed by atoms with van der Waals surface area (Å²) in [5.41, 5.74) is 7.85. The molecule has 2 rings (SSSR count). The Balaban J connectivity index is 2.46. The number of methoxy groups -OCH3 is 1. The number of hydrogen-bond donors (Lipinski definition) is 1. The van der Waals surface area contributed by atoms with E-state index in [1.165, 1.54) is 18.3 Å². The average molecular weight is 298 g/mol. The maximum absolute atomic E-state index is 12.5. The SMILES string of the molecule is COC(=O)C(C)S(=O)(=O)N1CCCc2c(N)cccc21. The lowest BCUT2D eigenvalue weighted by Crippen LogP contribution is -2.44. The molecule has 1 aromatic rings. The summed E-state index contributed by atoms with van der Waals surface area (Å²) < 4.78 is 30.9. The smallest absolute Gasteiger partial charge is 0.325 e. The molecule has 1 aromatic carbocycles. The van der Waals surface area contributed by atoms with Gasteiger partial charge in [0.1, 0.15) is 0 Å². The zero-order chi connectivity index (χ0) is 14.9. The summed E-state index contributed by atoms with van der Waals surface area (Å²) in [6, 6.07) is 5.18. The van der Waals surface area contributed by atoms with Crippen molar-refractivity contribution in [2.75, 3.05) is 23.7 Å². The minimum Gasteiger partial charge on any atom is -0.468 e. The number of benzene rings is 1. The van der Waals surface area contributed by atoms with Gasteiger partial charge in [-0.15, -0.1) is 0 Å². The Bertz CT molecular complexity index is 627. The van der Waals surface area contributed by atoms with Crippen LogP contribution in [0.3, 0.4) is 0 Å². The summed E-state index contributed by atoms with van der Waals surface area (Å²) in [5.74, 6) is -0.763. The zero-order valence-corrected chi connectivity index (χ0v) is 12.3. The molecule has 1 aliphatic rings. The Morgan fingerprint density at radius 1 is 1.45 bits per heavy atom. The van der Waals surface area contributed by atoms with Crippen LogP contribution in [0, 0.1) is 0 Å². The molecule has 1 aliphatic heterocycles. The van der Waals surface area contributed by atoms with Crippen LogP contribution < -0.4 is 10.0 Å². The molecule has 0 aromatic heterocycles. The molecular weight excluding hydrogens is 280 g/mol. The van der Waals surface area contributed by atoms with Gasteiger partial charge >= 0.3 is 5.97 Å². The van der Waals surface area contributed by atoms with Crippen LogP contribution in [0.4, 0.5) is 11.4 Å². The summed E-state index contributed by atoms with van der Waals surface area (Å²) in [6.45, 7) is 1.68. The molecule has 0 spiro atoms. The van der Waals surface area contributed by atoms with Crippen LogP contribution in [0.5, 0.6) is 0 Å². The molecule has 0 bridgehead atoms.